The highest BCUT2D eigenvalue weighted by molar-refractivity contribution is 6.30. The number of ether oxygens (including phenoxy) is 1. The maximum atomic E-state index is 12.8. The molecule has 2 aromatic carbocycles. The Labute approximate surface area is 132 Å². The molecule has 0 aromatic heterocycles. The predicted octanol–water partition coefficient (Wildman–Crippen LogP) is 3.64. The van der Waals surface area contributed by atoms with Gasteiger partial charge in [0.15, 0.2) is 0 Å². The number of hydrogen-bond acceptors (Lipinski definition) is 3. The van der Waals surface area contributed by atoms with E-state index in [1.165, 1.54) is 30.5 Å². The standard InChI is InChI=1S/C16H14ClFN2O2/c1-2-22-15-8-5-13(17)9-12(15)10-19-20-16(21)11-3-6-14(18)7-4-11/h3-10H,2H2,1H3,(H,20,21)/b19-10-. The Balaban J connectivity index is 2.07. The summed E-state index contributed by atoms with van der Waals surface area (Å²) >= 11 is 5.93. The number of amides is 1. The number of benzene rings is 2. The van der Waals surface area contributed by atoms with Crippen LogP contribution in [0.5, 0.6) is 5.75 Å². The molecule has 0 saturated heterocycles. The number of nitrogens with one attached hydrogen (secondary N) is 1. The van der Waals surface area contributed by atoms with E-state index in [-0.39, 0.29) is 0 Å². The van der Waals surface area contributed by atoms with Crippen LogP contribution in [0.3, 0.4) is 0 Å². The van der Waals surface area contributed by atoms with Crippen LogP contribution in [-0.4, -0.2) is 18.7 Å². The number of carbonyl (C=O) groups is 1. The highest BCUT2D eigenvalue weighted by Gasteiger charge is 2.05. The van der Waals surface area contributed by atoms with Gasteiger partial charge in [0.05, 0.1) is 12.8 Å². The zero-order valence-corrected chi connectivity index (χ0v) is 12.6. The van der Waals surface area contributed by atoms with Crippen molar-refractivity contribution < 1.29 is 13.9 Å². The first-order valence-electron chi connectivity index (χ1n) is 6.61. The molecule has 1 N–H and O–H groups in total. The second-order valence-electron chi connectivity index (χ2n) is 4.32. The number of carbonyl (C=O) groups excluding carboxylic acids is 1. The third-order valence-corrected chi connectivity index (χ3v) is 2.98. The zero-order chi connectivity index (χ0) is 15.9. The normalized spacial score (nSPS) is 10.7. The van der Waals surface area contributed by atoms with E-state index in [1.807, 2.05) is 6.92 Å². The van der Waals surface area contributed by atoms with Crippen molar-refractivity contribution in [1.29, 1.82) is 0 Å². The van der Waals surface area contributed by atoms with Crippen LogP contribution in [0, 0.1) is 5.82 Å². The molecule has 4 nitrogen and oxygen atoms in total. The van der Waals surface area contributed by atoms with E-state index in [9.17, 15) is 9.18 Å². The molecule has 0 heterocycles. The third kappa shape index (κ3) is 4.30. The van der Waals surface area contributed by atoms with Crippen LogP contribution in [-0.2, 0) is 0 Å². The molecule has 1 amide bonds. The SMILES string of the molecule is CCOc1ccc(Cl)cc1/C=N\NC(=O)c1ccc(F)cc1. The molecule has 6 heteroatoms. The third-order valence-electron chi connectivity index (χ3n) is 2.75. The Morgan fingerprint density at radius 3 is 2.73 bits per heavy atom. The van der Waals surface area contributed by atoms with Gasteiger partial charge in [-0.2, -0.15) is 5.10 Å². The van der Waals surface area contributed by atoms with Gasteiger partial charge in [-0.05, 0) is 49.4 Å². The van der Waals surface area contributed by atoms with Crippen molar-refractivity contribution in [2.45, 2.75) is 6.92 Å². The lowest BCUT2D eigenvalue weighted by atomic mass is 10.2. The van der Waals surface area contributed by atoms with E-state index >= 15 is 0 Å². The van der Waals surface area contributed by atoms with Crippen LogP contribution in [0.2, 0.25) is 5.02 Å². The van der Waals surface area contributed by atoms with Crippen molar-refractivity contribution in [3.8, 4) is 5.75 Å². The Morgan fingerprint density at radius 1 is 1.32 bits per heavy atom. The maximum Gasteiger partial charge on any atom is 0.271 e. The Morgan fingerprint density at radius 2 is 2.05 bits per heavy atom. The van der Waals surface area contributed by atoms with Crippen LogP contribution in [0.25, 0.3) is 0 Å². The summed E-state index contributed by atoms with van der Waals surface area (Å²) in [5.41, 5.74) is 3.33. The van der Waals surface area contributed by atoms with Crippen LogP contribution in [0.1, 0.15) is 22.8 Å². The number of nitrogens with zero attached hydrogens (tertiary/aromatic N) is 1. The first-order chi connectivity index (χ1) is 10.6. The van der Waals surface area contributed by atoms with Crippen LogP contribution in [0.4, 0.5) is 4.39 Å². The van der Waals surface area contributed by atoms with Crippen LogP contribution in [0.15, 0.2) is 47.6 Å². The molecule has 22 heavy (non-hydrogen) atoms. The molecule has 0 spiro atoms. The first-order valence-corrected chi connectivity index (χ1v) is 6.99. The van der Waals surface area contributed by atoms with E-state index in [4.69, 9.17) is 16.3 Å². The molecule has 0 aliphatic carbocycles. The summed E-state index contributed by atoms with van der Waals surface area (Å²) in [6, 6.07) is 10.3. The number of halogens is 2. The molecule has 0 unspecified atom stereocenters. The molecule has 0 radical (unpaired) electrons. The van der Waals surface area contributed by atoms with Gasteiger partial charge >= 0.3 is 0 Å². The van der Waals surface area contributed by atoms with Gasteiger partial charge in [0.25, 0.3) is 5.91 Å². The minimum Gasteiger partial charge on any atom is -0.493 e. The lowest BCUT2D eigenvalue weighted by Gasteiger charge is -2.07. The van der Waals surface area contributed by atoms with Crippen molar-refractivity contribution in [3.63, 3.8) is 0 Å². The largest absolute Gasteiger partial charge is 0.493 e. The monoisotopic (exact) mass is 320 g/mol. The quantitative estimate of drug-likeness (QED) is 0.675. The summed E-state index contributed by atoms with van der Waals surface area (Å²) in [6.45, 7) is 2.37. The smallest absolute Gasteiger partial charge is 0.271 e. The Bertz CT molecular complexity index is 687. The van der Waals surface area contributed by atoms with Gasteiger partial charge in [-0.1, -0.05) is 11.6 Å². The summed E-state index contributed by atoms with van der Waals surface area (Å²) in [5, 5.41) is 4.40. The second kappa shape index (κ2) is 7.56. The molecule has 114 valence electrons. The van der Waals surface area contributed by atoms with Gasteiger partial charge in [0.2, 0.25) is 0 Å². The minimum absolute atomic E-state index is 0.315. The van der Waals surface area contributed by atoms with Gasteiger partial charge in [-0.25, -0.2) is 9.82 Å². The fourth-order valence-electron chi connectivity index (χ4n) is 1.73. The van der Waals surface area contributed by atoms with Crippen molar-refractivity contribution in [3.05, 3.63) is 64.4 Å². The van der Waals surface area contributed by atoms with E-state index in [1.54, 1.807) is 18.2 Å². The van der Waals surface area contributed by atoms with Crippen molar-refractivity contribution in [2.75, 3.05) is 6.61 Å². The number of hydrogen-bond donors (Lipinski definition) is 1. The summed E-state index contributed by atoms with van der Waals surface area (Å²) in [5.74, 6) is -0.219. The van der Waals surface area contributed by atoms with Crippen molar-refractivity contribution in [1.82, 2.24) is 5.43 Å². The predicted molar refractivity (Wildman–Crippen MR) is 84.1 cm³/mol. The molecule has 0 saturated carbocycles. The highest BCUT2D eigenvalue weighted by atomic mass is 35.5. The van der Waals surface area contributed by atoms with Crippen molar-refractivity contribution >= 4 is 23.7 Å². The molecule has 2 rings (SSSR count). The van der Waals surface area contributed by atoms with E-state index in [2.05, 4.69) is 10.5 Å². The molecule has 0 bridgehead atoms. The summed E-state index contributed by atoms with van der Waals surface area (Å²) in [4.78, 5) is 11.8. The lowest BCUT2D eigenvalue weighted by molar-refractivity contribution is 0.0955. The topological polar surface area (TPSA) is 50.7 Å². The maximum absolute atomic E-state index is 12.8. The highest BCUT2D eigenvalue weighted by Crippen LogP contribution is 2.21. The average Bonchev–Trinajstić information content (AvgIpc) is 2.50. The fraction of sp³-hybridized carbons (Fsp3) is 0.125. The molecule has 0 aliphatic heterocycles. The number of hydrazone groups is 1. The van der Waals surface area contributed by atoms with Crippen molar-refractivity contribution in [2.24, 2.45) is 5.10 Å². The molecule has 0 fully saturated rings. The second-order valence-corrected chi connectivity index (χ2v) is 4.76. The molecular formula is C16H14ClFN2O2. The van der Waals surface area contributed by atoms with Gasteiger partial charge in [-0.15, -0.1) is 0 Å². The van der Waals surface area contributed by atoms with Gasteiger partial charge in [0, 0.05) is 16.1 Å². The van der Waals surface area contributed by atoms with Crippen LogP contribution < -0.4 is 10.2 Å². The zero-order valence-electron chi connectivity index (χ0n) is 11.8. The summed E-state index contributed by atoms with van der Waals surface area (Å²) in [7, 11) is 0. The molecule has 0 aliphatic rings. The van der Waals surface area contributed by atoms with Crippen LogP contribution >= 0.6 is 11.6 Å². The Kier molecular flexibility index (Phi) is 5.49. The lowest BCUT2D eigenvalue weighted by Crippen LogP contribution is -2.17. The van der Waals surface area contributed by atoms with E-state index in [0.717, 1.165) is 0 Å². The van der Waals surface area contributed by atoms with Gasteiger partial charge < -0.3 is 4.74 Å². The first kappa shape index (κ1) is 16.0. The van der Waals surface area contributed by atoms with Gasteiger partial charge in [0.1, 0.15) is 11.6 Å². The number of rotatable bonds is 5. The molecule has 2 aromatic rings. The Hall–Kier alpha value is -2.40. The fourth-order valence-corrected chi connectivity index (χ4v) is 1.91. The summed E-state index contributed by atoms with van der Waals surface area (Å²) < 4.78 is 18.2. The van der Waals surface area contributed by atoms with Gasteiger partial charge in [-0.3, -0.25) is 4.79 Å². The van der Waals surface area contributed by atoms with E-state index in [0.29, 0.717) is 28.5 Å². The molecule has 0 atom stereocenters. The minimum atomic E-state index is -0.434. The summed E-state index contributed by atoms with van der Waals surface area (Å²) in [6.07, 6.45) is 1.44. The average molecular weight is 321 g/mol. The van der Waals surface area contributed by atoms with E-state index < -0.39 is 11.7 Å². The molecular weight excluding hydrogens is 307 g/mol.